The van der Waals surface area contributed by atoms with Crippen LogP contribution in [0.4, 0.5) is 0 Å². The molecule has 2 amide bonds. The van der Waals surface area contributed by atoms with Gasteiger partial charge in [-0.3, -0.25) is 15.0 Å². The van der Waals surface area contributed by atoms with Gasteiger partial charge in [0.2, 0.25) is 0 Å². The lowest BCUT2D eigenvalue weighted by Gasteiger charge is -2.15. The summed E-state index contributed by atoms with van der Waals surface area (Å²) in [4.78, 5) is 25.7. The van der Waals surface area contributed by atoms with E-state index in [4.69, 9.17) is 17.0 Å². The predicted molar refractivity (Wildman–Crippen MR) is 144 cm³/mol. The minimum atomic E-state index is -0.393. The van der Waals surface area contributed by atoms with Gasteiger partial charge in [-0.25, -0.2) is 0 Å². The second kappa shape index (κ2) is 10.1. The molecule has 5 rings (SSSR count). The van der Waals surface area contributed by atoms with Crippen molar-refractivity contribution in [2.24, 2.45) is 0 Å². The maximum absolute atomic E-state index is 12.8. The number of amides is 2. The van der Waals surface area contributed by atoms with Crippen molar-refractivity contribution in [3.63, 3.8) is 0 Å². The molecular weight excluding hydrogens is 476 g/mol. The molecule has 0 atom stereocenters. The minimum Gasteiger partial charge on any atom is -0.489 e. The molecule has 1 aliphatic rings. The monoisotopic (exact) mass is 496 g/mol. The predicted octanol–water partition coefficient (Wildman–Crippen LogP) is 5.97. The first kappa shape index (κ1) is 22.8. The number of hydrogen-bond donors (Lipinski definition) is 1. The van der Waals surface area contributed by atoms with Crippen molar-refractivity contribution in [2.45, 2.75) is 6.61 Å². The van der Waals surface area contributed by atoms with Gasteiger partial charge < -0.3 is 4.74 Å². The van der Waals surface area contributed by atoms with E-state index in [0.717, 1.165) is 33.6 Å². The van der Waals surface area contributed by atoms with Crippen LogP contribution >= 0.6 is 24.0 Å². The van der Waals surface area contributed by atoms with Crippen molar-refractivity contribution in [1.82, 2.24) is 10.4 Å². The third-order valence-electron chi connectivity index (χ3n) is 5.44. The van der Waals surface area contributed by atoms with E-state index in [0.29, 0.717) is 17.1 Å². The normalized spacial score (nSPS) is 14.5. The summed E-state index contributed by atoms with van der Waals surface area (Å²) in [5, 5.41) is 3.49. The molecule has 1 heterocycles. The average molecular weight is 497 g/mol. The molecule has 4 aromatic carbocycles. The topological polar surface area (TPSA) is 58.6 Å². The minimum absolute atomic E-state index is 0.279. The van der Waals surface area contributed by atoms with Crippen LogP contribution < -0.4 is 10.2 Å². The number of nitrogens with zero attached hydrogens (tertiary/aromatic N) is 1. The Morgan fingerprint density at radius 3 is 2.40 bits per heavy atom. The van der Waals surface area contributed by atoms with Crippen LogP contribution in [-0.4, -0.2) is 21.1 Å². The quantitative estimate of drug-likeness (QED) is 0.263. The van der Waals surface area contributed by atoms with E-state index in [1.54, 1.807) is 30.3 Å². The SMILES string of the molecule is O=C(NN1C(=O)/C(=C/c2ccc(OCc3ccc4ccccc4c3)cc2)SC1=S)c1ccccc1. The van der Waals surface area contributed by atoms with Crippen LogP contribution in [0.25, 0.3) is 16.8 Å². The van der Waals surface area contributed by atoms with Gasteiger partial charge in [0.15, 0.2) is 4.32 Å². The van der Waals surface area contributed by atoms with Crippen LogP contribution in [0, 0.1) is 0 Å². The Morgan fingerprint density at radius 1 is 0.914 bits per heavy atom. The molecule has 1 saturated heterocycles. The lowest BCUT2D eigenvalue weighted by Crippen LogP contribution is -2.44. The molecule has 0 radical (unpaired) electrons. The van der Waals surface area contributed by atoms with Crippen molar-refractivity contribution in [3.05, 3.63) is 119 Å². The number of hydrogen-bond acceptors (Lipinski definition) is 5. The van der Waals surface area contributed by atoms with E-state index < -0.39 is 5.91 Å². The second-order valence-corrected chi connectivity index (χ2v) is 9.54. The third kappa shape index (κ3) is 5.26. The zero-order valence-corrected chi connectivity index (χ0v) is 20.1. The number of fused-ring (bicyclic) bond motifs is 1. The molecule has 1 fully saturated rings. The molecule has 0 unspecified atom stereocenters. The fourth-order valence-corrected chi connectivity index (χ4v) is 4.81. The van der Waals surface area contributed by atoms with Gasteiger partial charge in [-0.1, -0.05) is 78.5 Å². The molecule has 172 valence electrons. The molecule has 0 aliphatic carbocycles. The standard InChI is InChI=1S/C28H20N2O3S2/c31-26(22-7-2-1-3-8-22)29-30-27(32)25(35-28(30)34)17-19-11-14-24(15-12-19)33-18-20-10-13-21-6-4-5-9-23(21)16-20/h1-17H,18H2,(H,29,31)/b25-17-. The largest absolute Gasteiger partial charge is 0.489 e. The maximum atomic E-state index is 12.8. The van der Waals surface area contributed by atoms with Crippen molar-refractivity contribution in [1.29, 1.82) is 0 Å². The highest BCUT2D eigenvalue weighted by Gasteiger charge is 2.33. The molecular formula is C28H20N2O3S2. The lowest BCUT2D eigenvalue weighted by molar-refractivity contribution is -0.123. The number of carbonyl (C=O) groups is 2. The number of carbonyl (C=O) groups excluding carboxylic acids is 2. The molecule has 4 aromatic rings. The van der Waals surface area contributed by atoms with Gasteiger partial charge in [-0.15, -0.1) is 0 Å². The first-order chi connectivity index (χ1) is 17.1. The first-order valence-electron chi connectivity index (χ1n) is 10.9. The molecule has 0 bridgehead atoms. The molecule has 5 nitrogen and oxygen atoms in total. The van der Waals surface area contributed by atoms with Gasteiger partial charge in [-0.05, 0) is 70.5 Å². The number of hydrazine groups is 1. The van der Waals surface area contributed by atoms with Gasteiger partial charge in [0, 0.05) is 5.56 Å². The lowest BCUT2D eigenvalue weighted by atomic mass is 10.1. The van der Waals surface area contributed by atoms with E-state index in [9.17, 15) is 9.59 Å². The number of thioether (sulfide) groups is 1. The van der Waals surface area contributed by atoms with Crippen LogP contribution in [0.5, 0.6) is 5.75 Å². The fourth-order valence-electron chi connectivity index (χ4n) is 3.63. The van der Waals surface area contributed by atoms with Crippen LogP contribution in [0.3, 0.4) is 0 Å². The Morgan fingerprint density at radius 2 is 1.63 bits per heavy atom. The molecule has 7 heteroatoms. The zero-order chi connectivity index (χ0) is 24.2. The van der Waals surface area contributed by atoms with E-state index in [1.165, 1.54) is 10.8 Å². The average Bonchev–Trinajstić information content (AvgIpc) is 3.15. The Kier molecular flexibility index (Phi) is 6.61. The van der Waals surface area contributed by atoms with Crippen molar-refractivity contribution < 1.29 is 14.3 Å². The van der Waals surface area contributed by atoms with Gasteiger partial charge in [0.1, 0.15) is 12.4 Å². The van der Waals surface area contributed by atoms with Gasteiger partial charge in [0.05, 0.1) is 4.91 Å². The summed E-state index contributed by atoms with van der Waals surface area (Å²) in [6, 6.07) is 30.7. The number of nitrogens with one attached hydrogen (secondary N) is 1. The van der Waals surface area contributed by atoms with Crippen LogP contribution in [0.2, 0.25) is 0 Å². The van der Waals surface area contributed by atoms with E-state index in [2.05, 4.69) is 35.8 Å². The molecule has 35 heavy (non-hydrogen) atoms. The van der Waals surface area contributed by atoms with E-state index >= 15 is 0 Å². The molecule has 0 saturated carbocycles. The van der Waals surface area contributed by atoms with Gasteiger partial charge >= 0.3 is 0 Å². The van der Waals surface area contributed by atoms with Crippen LogP contribution in [-0.2, 0) is 11.4 Å². The second-order valence-electron chi connectivity index (χ2n) is 7.86. The summed E-state index contributed by atoms with van der Waals surface area (Å²) >= 11 is 6.45. The number of thiocarbonyl (C=S) groups is 1. The van der Waals surface area contributed by atoms with Crippen LogP contribution in [0.15, 0.2) is 102 Å². The Labute approximate surface area is 212 Å². The summed E-state index contributed by atoms with van der Waals surface area (Å²) in [5.41, 5.74) is 4.96. The van der Waals surface area contributed by atoms with Gasteiger partial charge in [-0.2, -0.15) is 5.01 Å². The first-order valence-corrected chi connectivity index (χ1v) is 12.1. The molecule has 1 N–H and O–H groups in total. The molecule has 1 aliphatic heterocycles. The fraction of sp³-hybridized carbons (Fsp3) is 0.0357. The summed E-state index contributed by atoms with van der Waals surface area (Å²) in [6.45, 7) is 0.462. The van der Waals surface area contributed by atoms with Crippen molar-refractivity contribution in [3.8, 4) is 5.75 Å². The smallest absolute Gasteiger partial charge is 0.285 e. The summed E-state index contributed by atoms with van der Waals surface area (Å²) in [7, 11) is 0. The summed E-state index contributed by atoms with van der Waals surface area (Å²) in [5.74, 6) is -0.0186. The Bertz CT molecular complexity index is 1450. The van der Waals surface area contributed by atoms with Gasteiger partial charge in [0.25, 0.3) is 11.8 Å². The maximum Gasteiger partial charge on any atom is 0.285 e. The summed E-state index contributed by atoms with van der Waals surface area (Å²) in [6.07, 6.45) is 1.75. The zero-order valence-electron chi connectivity index (χ0n) is 18.5. The van der Waals surface area contributed by atoms with Crippen LogP contribution in [0.1, 0.15) is 21.5 Å². The van der Waals surface area contributed by atoms with Crippen molar-refractivity contribution >= 4 is 57.0 Å². The highest BCUT2D eigenvalue weighted by Crippen LogP contribution is 2.32. The van der Waals surface area contributed by atoms with Crippen molar-refractivity contribution in [2.75, 3.05) is 0 Å². The highest BCUT2D eigenvalue weighted by atomic mass is 32.2. The Balaban J connectivity index is 1.22. The third-order valence-corrected chi connectivity index (χ3v) is 6.74. The number of ether oxygens (including phenoxy) is 1. The number of rotatable bonds is 6. The molecule has 0 spiro atoms. The Hall–Kier alpha value is -3.94. The summed E-state index contributed by atoms with van der Waals surface area (Å²) < 4.78 is 6.22. The van der Waals surface area contributed by atoms with E-state index in [1.807, 2.05) is 42.5 Å². The van der Waals surface area contributed by atoms with E-state index in [-0.39, 0.29) is 10.2 Å². The number of benzene rings is 4. The highest BCUT2D eigenvalue weighted by molar-refractivity contribution is 8.26. The molecule has 0 aromatic heterocycles.